The number of aromatic nitrogens is 2. The molecule has 0 bridgehead atoms. The smallest absolute Gasteiger partial charge is 0.252 e. The quantitative estimate of drug-likeness (QED) is 0.802. The van der Waals surface area contributed by atoms with E-state index in [1.165, 1.54) is 0 Å². The molecule has 0 saturated carbocycles. The number of hydrogen-bond donors (Lipinski definition) is 1. The van der Waals surface area contributed by atoms with Gasteiger partial charge in [0, 0.05) is 13.1 Å². The average Bonchev–Trinajstić information content (AvgIpc) is 2.83. The number of amides is 1. The Balaban J connectivity index is 1.69. The fraction of sp³-hybridized carbons (Fsp3) is 0.176. The van der Waals surface area contributed by atoms with Crippen LogP contribution >= 0.6 is 11.6 Å². The van der Waals surface area contributed by atoms with E-state index in [1.807, 2.05) is 31.2 Å². The van der Waals surface area contributed by atoms with Crippen molar-refractivity contribution in [1.29, 1.82) is 0 Å². The van der Waals surface area contributed by atoms with Gasteiger partial charge < -0.3 is 9.88 Å². The number of rotatable bonds is 4. The molecule has 0 radical (unpaired) electrons. The number of fused-ring (bicyclic) bond motifs is 1. The third kappa shape index (κ3) is 2.83. The number of hydrogen-bond acceptors (Lipinski definition) is 2. The van der Waals surface area contributed by atoms with Crippen molar-refractivity contribution in [2.45, 2.75) is 13.5 Å². The van der Waals surface area contributed by atoms with E-state index in [0.29, 0.717) is 23.7 Å². The van der Waals surface area contributed by atoms with Gasteiger partial charge in [-0.1, -0.05) is 35.9 Å². The van der Waals surface area contributed by atoms with Crippen LogP contribution < -0.4 is 5.32 Å². The summed E-state index contributed by atoms with van der Waals surface area (Å²) in [6, 6.07) is 15.0. The van der Waals surface area contributed by atoms with E-state index in [-0.39, 0.29) is 5.91 Å². The zero-order valence-electron chi connectivity index (χ0n) is 12.2. The molecule has 3 rings (SSSR count). The first-order valence-corrected chi connectivity index (χ1v) is 7.49. The van der Waals surface area contributed by atoms with Crippen molar-refractivity contribution >= 4 is 28.5 Å². The molecule has 0 aliphatic carbocycles. The van der Waals surface area contributed by atoms with Gasteiger partial charge in [-0.15, -0.1) is 0 Å². The van der Waals surface area contributed by atoms with Gasteiger partial charge in [-0.2, -0.15) is 0 Å². The number of nitrogens with zero attached hydrogens (tertiary/aromatic N) is 2. The fourth-order valence-corrected chi connectivity index (χ4v) is 2.72. The lowest BCUT2D eigenvalue weighted by molar-refractivity contribution is 0.0952. The maximum absolute atomic E-state index is 12.1. The predicted molar refractivity (Wildman–Crippen MR) is 88.3 cm³/mol. The Bertz CT molecular complexity index is 826. The van der Waals surface area contributed by atoms with Crippen LogP contribution in [0.2, 0.25) is 5.02 Å². The summed E-state index contributed by atoms with van der Waals surface area (Å²) in [4.78, 5) is 16.6. The lowest BCUT2D eigenvalue weighted by atomic mass is 10.2. The minimum Gasteiger partial charge on any atom is -0.350 e. The largest absolute Gasteiger partial charge is 0.350 e. The molecule has 2 aromatic carbocycles. The Labute approximate surface area is 133 Å². The molecule has 0 unspecified atom stereocenters. The molecule has 1 N–H and O–H groups in total. The van der Waals surface area contributed by atoms with Gasteiger partial charge in [0.05, 0.1) is 21.6 Å². The molecule has 4 nitrogen and oxygen atoms in total. The normalized spacial score (nSPS) is 10.8. The predicted octanol–water partition coefficient (Wildman–Crippen LogP) is 3.43. The van der Waals surface area contributed by atoms with Crippen molar-refractivity contribution in [2.24, 2.45) is 0 Å². The summed E-state index contributed by atoms with van der Waals surface area (Å²) in [6.45, 7) is 3.16. The highest BCUT2D eigenvalue weighted by Crippen LogP contribution is 2.16. The molecular formula is C17H16ClN3O. The summed E-state index contributed by atoms with van der Waals surface area (Å²) in [5.74, 6) is 0.779. The molecule has 0 saturated heterocycles. The lowest BCUT2D eigenvalue weighted by Gasteiger charge is -2.09. The van der Waals surface area contributed by atoms with Crippen LogP contribution in [0.4, 0.5) is 0 Å². The SMILES string of the molecule is Cc1nc2ccccc2n1CCNC(=O)c1ccccc1Cl. The number of para-hydroxylation sites is 2. The second-order valence-corrected chi connectivity index (χ2v) is 5.44. The molecule has 1 heterocycles. The zero-order valence-corrected chi connectivity index (χ0v) is 13.0. The highest BCUT2D eigenvalue weighted by Gasteiger charge is 2.10. The van der Waals surface area contributed by atoms with Gasteiger partial charge >= 0.3 is 0 Å². The Morgan fingerprint density at radius 3 is 2.73 bits per heavy atom. The van der Waals surface area contributed by atoms with Crippen LogP contribution in [0.25, 0.3) is 11.0 Å². The molecule has 1 amide bonds. The number of halogens is 1. The van der Waals surface area contributed by atoms with Gasteiger partial charge in [0.2, 0.25) is 0 Å². The van der Waals surface area contributed by atoms with Crippen molar-refractivity contribution in [3.8, 4) is 0 Å². The lowest BCUT2D eigenvalue weighted by Crippen LogP contribution is -2.27. The monoisotopic (exact) mass is 313 g/mol. The maximum atomic E-state index is 12.1. The second-order valence-electron chi connectivity index (χ2n) is 5.04. The van der Waals surface area contributed by atoms with Crippen LogP contribution in [0.1, 0.15) is 16.2 Å². The Morgan fingerprint density at radius 2 is 1.91 bits per heavy atom. The summed E-state index contributed by atoms with van der Waals surface area (Å²) in [7, 11) is 0. The van der Waals surface area contributed by atoms with E-state index in [0.717, 1.165) is 16.9 Å². The minimum atomic E-state index is -0.160. The molecule has 5 heteroatoms. The molecule has 22 heavy (non-hydrogen) atoms. The summed E-state index contributed by atoms with van der Waals surface area (Å²) in [6.07, 6.45) is 0. The molecule has 1 aromatic heterocycles. The number of benzene rings is 2. The number of imidazole rings is 1. The van der Waals surface area contributed by atoms with E-state index >= 15 is 0 Å². The third-order valence-electron chi connectivity index (χ3n) is 3.58. The third-order valence-corrected chi connectivity index (χ3v) is 3.91. The van der Waals surface area contributed by atoms with E-state index < -0.39 is 0 Å². The first-order valence-electron chi connectivity index (χ1n) is 7.11. The highest BCUT2D eigenvalue weighted by atomic mass is 35.5. The van der Waals surface area contributed by atoms with Gasteiger partial charge in [-0.05, 0) is 31.2 Å². The Morgan fingerprint density at radius 1 is 1.18 bits per heavy atom. The van der Waals surface area contributed by atoms with Crippen molar-refractivity contribution in [3.63, 3.8) is 0 Å². The van der Waals surface area contributed by atoms with Crippen LogP contribution in [0.3, 0.4) is 0 Å². The average molecular weight is 314 g/mol. The number of aryl methyl sites for hydroxylation is 1. The van der Waals surface area contributed by atoms with Crippen LogP contribution in [0.5, 0.6) is 0 Å². The van der Waals surface area contributed by atoms with E-state index in [2.05, 4.69) is 14.9 Å². The summed E-state index contributed by atoms with van der Waals surface area (Å²) >= 11 is 6.02. The Kier molecular flexibility index (Phi) is 4.11. The van der Waals surface area contributed by atoms with Crippen molar-refractivity contribution in [1.82, 2.24) is 14.9 Å². The van der Waals surface area contributed by atoms with Gasteiger partial charge in [-0.25, -0.2) is 4.98 Å². The Hall–Kier alpha value is -2.33. The van der Waals surface area contributed by atoms with Crippen molar-refractivity contribution in [3.05, 3.63) is 64.9 Å². The van der Waals surface area contributed by atoms with Crippen molar-refractivity contribution in [2.75, 3.05) is 6.54 Å². The van der Waals surface area contributed by atoms with Crippen LogP contribution in [-0.2, 0) is 6.54 Å². The van der Waals surface area contributed by atoms with E-state index in [1.54, 1.807) is 24.3 Å². The minimum absolute atomic E-state index is 0.160. The molecule has 0 aliphatic heterocycles. The first-order chi connectivity index (χ1) is 10.7. The zero-order chi connectivity index (χ0) is 15.5. The molecule has 0 spiro atoms. The summed E-state index contributed by atoms with van der Waals surface area (Å²) < 4.78 is 2.10. The summed E-state index contributed by atoms with van der Waals surface area (Å²) in [5.41, 5.74) is 2.54. The fourth-order valence-electron chi connectivity index (χ4n) is 2.50. The van der Waals surface area contributed by atoms with Crippen LogP contribution in [0.15, 0.2) is 48.5 Å². The van der Waals surface area contributed by atoms with Crippen LogP contribution in [0, 0.1) is 6.92 Å². The number of carbonyl (C=O) groups is 1. The van der Waals surface area contributed by atoms with Gasteiger partial charge in [0.25, 0.3) is 5.91 Å². The first kappa shape index (κ1) is 14.6. The second kappa shape index (κ2) is 6.20. The molecule has 0 aliphatic rings. The highest BCUT2D eigenvalue weighted by molar-refractivity contribution is 6.33. The van der Waals surface area contributed by atoms with Gasteiger partial charge in [0.1, 0.15) is 5.82 Å². The maximum Gasteiger partial charge on any atom is 0.252 e. The standard InChI is InChI=1S/C17H16ClN3O/c1-12-20-15-8-4-5-9-16(15)21(12)11-10-19-17(22)13-6-2-3-7-14(13)18/h2-9H,10-11H2,1H3,(H,19,22). The molecule has 0 atom stereocenters. The van der Waals surface area contributed by atoms with Gasteiger partial charge in [0.15, 0.2) is 0 Å². The summed E-state index contributed by atoms with van der Waals surface area (Å²) in [5, 5.41) is 3.36. The van der Waals surface area contributed by atoms with Gasteiger partial charge in [-0.3, -0.25) is 4.79 Å². The molecule has 112 valence electrons. The molecular weight excluding hydrogens is 298 g/mol. The number of nitrogens with one attached hydrogen (secondary N) is 1. The van der Waals surface area contributed by atoms with Crippen molar-refractivity contribution < 1.29 is 4.79 Å². The van der Waals surface area contributed by atoms with Crippen LogP contribution in [-0.4, -0.2) is 22.0 Å². The molecule has 0 fully saturated rings. The van der Waals surface area contributed by atoms with E-state index in [9.17, 15) is 4.79 Å². The van der Waals surface area contributed by atoms with E-state index in [4.69, 9.17) is 11.6 Å². The topological polar surface area (TPSA) is 46.9 Å². The number of carbonyl (C=O) groups excluding carboxylic acids is 1. The molecule has 3 aromatic rings.